The quantitative estimate of drug-likeness (QED) is 0.643. The first kappa shape index (κ1) is 16.5. The van der Waals surface area contributed by atoms with Gasteiger partial charge in [-0.1, -0.05) is 41.4 Å². The van der Waals surface area contributed by atoms with Gasteiger partial charge < -0.3 is 16.2 Å². The minimum atomic E-state index is -0.0706. The van der Waals surface area contributed by atoms with Gasteiger partial charge in [-0.3, -0.25) is 0 Å². The molecule has 3 aromatic rings. The molecule has 24 heavy (non-hydrogen) atoms. The Bertz CT molecular complexity index is 869. The molecule has 0 spiro atoms. The highest BCUT2D eigenvalue weighted by molar-refractivity contribution is 6.33. The molecule has 0 fully saturated rings. The van der Waals surface area contributed by atoms with Gasteiger partial charge in [0.05, 0.1) is 10.7 Å². The van der Waals surface area contributed by atoms with Crippen LogP contribution in [0.5, 0.6) is 5.75 Å². The fourth-order valence-electron chi connectivity index (χ4n) is 2.20. The molecule has 2 aromatic carbocycles. The Morgan fingerprint density at radius 3 is 2.46 bits per heavy atom. The highest BCUT2D eigenvalue weighted by atomic mass is 35.5. The van der Waals surface area contributed by atoms with Crippen LogP contribution in [0.2, 0.25) is 10.0 Å². The van der Waals surface area contributed by atoms with E-state index >= 15 is 0 Å². The largest absolute Gasteiger partial charge is 0.503 e. The van der Waals surface area contributed by atoms with Crippen LogP contribution >= 0.6 is 23.2 Å². The van der Waals surface area contributed by atoms with Gasteiger partial charge in [0.25, 0.3) is 0 Å². The van der Waals surface area contributed by atoms with Crippen molar-refractivity contribution in [2.45, 2.75) is 6.54 Å². The Morgan fingerprint density at radius 2 is 1.79 bits per heavy atom. The van der Waals surface area contributed by atoms with Gasteiger partial charge in [0.2, 0.25) is 0 Å². The van der Waals surface area contributed by atoms with Crippen molar-refractivity contribution in [1.29, 1.82) is 0 Å². The highest BCUT2D eigenvalue weighted by Gasteiger charge is 2.13. The predicted octanol–water partition coefficient (Wildman–Crippen LogP) is 4.36. The molecule has 4 N–H and O–H groups in total. The molecular weight excluding hydrogens is 347 g/mol. The Morgan fingerprint density at radius 1 is 1.04 bits per heavy atom. The van der Waals surface area contributed by atoms with Crippen LogP contribution in [0, 0.1) is 0 Å². The van der Waals surface area contributed by atoms with Gasteiger partial charge in [0.15, 0.2) is 11.6 Å². The van der Waals surface area contributed by atoms with Gasteiger partial charge in [-0.2, -0.15) is 0 Å². The molecule has 0 aliphatic rings. The summed E-state index contributed by atoms with van der Waals surface area (Å²) < 4.78 is 0. The van der Waals surface area contributed by atoms with Crippen LogP contribution in [0.1, 0.15) is 5.56 Å². The van der Waals surface area contributed by atoms with Gasteiger partial charge in [-0.15, -0.1) is 0 Å². The number of nitrogens with zero attached hydrogens (tertiary/aromatic N) is 2. The van der Waals surface area contributed by atoms with Crippen LogP contribution < -0.4 is 11.1 Å². The third-order valence-corrected chi connectivity index (χ3v) is 4.03. The zero-order valence-electron chi connectivity index (χ0n) is 12.5. The first-order valence-electron chi connectivity index (χ1n) is 7.14. The lowest BCUT2D eigenvalue weighted by molar-refractivity contribution is 0.475. The molecule has 7 heteroatoms. The van der Waals surface area contributed by atoms with Crippen LogP contribution in [-0.2, 0) is 6.54 Å². The van der Waals surface area contributed by atoms with Crippen molar-refractivity contribution in [2.75, 3.05) is 5.32 Å². The molecule has 0 atom stereocenters. The second-order valence-electron chi connectivity index (χ2n) is 5.07. The van der Waals surface area contributed by atoms with Crippen molar-refractivity contribution in [3.05, 3.63) is 64.4 Å². The van der Waals surface area contributed by atoms with E-state index in [1.165, 1.54) is 6.33 Å². The molecule has 0 saturated carbocycles. The Labute approximate surface area is 149 Å². The number of hydrogen-bond donors (Lipinski definition) is 3. The van der Waals surface area contributed by atoms with E-state index < -0.39 is 0 Å². The minimum Gasteiger partial charge on any atom is -0.503 e. The van der Waals surface area contributed by atoms with Crippen LogP contribution in [-0.4, -0.2) is 15.1 Å². The van der Waals surface area contributed by atoms with Crippen molar-refractivity contribution in [1.82, 2.24) is 9.97 Å². The van der Waals surface area contributed by atoms with E-state index in [9.17, 15) is 5.11 Å². The lowest BCUT2D eigenvalue weighted by Gasteiger charge is -2.12. The average Bonchev–Trinajstić information content (AvgIpc) is 2.59. The second-order valence-corrected chi connectivity index (χ2v) is 5.91. The van der Waals surface area contributed by atoms with Gasteiger partial charge in [0.1, 0.15) is 12.0 Å². The summed E-state index contributed by atoms with van der Waals surface area (Å²) in [7, 11) is 0. The maximum Gasteiger partial charge on any atom is 0.185 e. The second kappa shape index (κ2) is 7.05. The van der Waals surface area contributed by atoms with E-state index in [1.54, 1.807) is 36.4 Å². The fourth-order valence-corrected chi connectivity index (χ4v) is 2.58. The molecule has 0 saturated heterocycles. The maximum atomic E-state index is 10.5. The van der Waals surface area contributed by atoms with Gasteiger partial charge >= 0.3 is 0 Å². The summed E-state index contributed by atoms with van der Waals surface area (Å²) in [6, 6.07) is 12.4. The van der Waals surface area contributed by atoms with E-state index in [1.807, 2.05) is 6.07 Å². The summed E-state index contributed by atoms with van der Waals surface area (Å²) in [4.78, 5) is 8.22. The minimum absolute atomic E-state index is 0.0706. The van der Waals surface area contributed by atoms with E-state index in [0.717, 1.165) is 11.1 Å². The number of halogens is 2. The lowest BCUT2D eigenvalue weighted by atomic mass is 10.1. The first-order valence-corrected chi connectivity index (χ1v) is 7.89. The SMILES string of the molecule is NCc1ccc(Nc2ncnc(-c3ccc(Cl)cc3)c2O)c(Cl)c1. The molecule has 1 aromatic heterocycles. The molecule has 0 aliphatic carbocycles. The highest BCUT2D eigenvalue weighted by Crippen LogP contribution is 2.35. The number of anilines is 2. The van der Waals surface area contributed by atoms with Crippen molar-refractivity contribution in [2.24, 2.45) is 5.73 Å². The normalized spacial score (nSPS) is 10.6. The summed E-state index contributed by atoms with van der Waals surface area (Å²) in [5.74, 6) is 0.191. The molecule has 0 unspecified atom stereocenters. The van der Waals surface area contributed by atoms with Gasteiger partial charge in [0, 0.05) is 17.1 Å². The van der Waals surface area contributed by atoms with Crippen LogP contribution in [0.15, 0.2) is 48.8 Å². The van der Waals surface area contributed by atoms with Gasteiger partial charge in [-0.25, -0.2) is 9.97 Å². The summed E-state index contributed by atoms with van der Waals surface area (Å²) in [5.41, 5.74) is 8.25. The van der Waals surface area contributed by atoms with Crippen molar-refractivity contribution in [3.8, 4) is 17.0 Å². The van der Waals surface area contributed by atoms with Crippen LogP contribution in [0.4, 0.5) is 11.5 Å². The topological polar surface area (TPSA) is 84.1 Å². The molecule has 0 bridgehead atoms. The summed E-state index contributed by atoms with van der Waals surface area (Å²) in [6.45, 7) is 0.402. The monoisotopic (exact) mass is 360 g/mol. The zero-order chi connectivity index (χ0) is 17.1. The maximum absolute atomic E-state index is 10.5. The molecule has 1 heterocycles. The van der Waals surface area contributed by atoms with Gasteiger partial charge in [-0.05, 0) is 29.8 Å². The Balaban J connectivity index is 1.95. The molecule has 3 rings (SSSR count). The third-order valence-electron chi connectivity index (χ3n) is 3.46. The summed E-state index contributed by atoms with van der Waals surface area (Å²) in [5, 5.41) is 14.6. The number of aromatic hydroxyl groups is 1. The Kier molecular flexibility index (Phi) is 4.85. The van der Waals surface area contributed by atoms with Crippen molar-refractivity contribution in [3.63, 3.8) is 0 Å². The predicted molar refractivity (Wildman–Crippen MR) is 96.8 cm³/mol. The summed E-state index contributed by atoms with van der Waals surface area (Å²) >= 11 is 12.1. The number of nitrogens with two attached hydrogens (primary N) is 1. The standard InChI is InChI=1S/C17H14Cl2N4O/c18-12-4-2-11(3-5-12)15-16(24)17(22-9-21-15)23-14-6-1-10(8-20)7-13(14)19/h1-7,9,24H,8,20H2,(H,21,22,23). The average molecular weight is 361 g/mol. The molecule has 122 valence electrons. The number of benzene rings is 2. The summed E-state index contributed by atoms with van der Waals surface area (Å²) in [6.07, 6.45) is 1.37. The zero-order valence-corrected chi connectivity index (χ0v) is 14.0. The third kappa shape index (κ3) is 3.43. The number of nitrogens with one attached hydrogen (secondary N) is 1. The number of rotatable bonds is 4. The fraction of sp³-hybridized carbons (Fsp3) is 0.0588. The van der Waals surface area contributed by atoms with Crippen molar-refractivity contribution < 1.29 is 5.11 Å². The smallest absolute Gasteiger partial charge is 0.185 e. The molecule has 0 radical (unpaired) electrons. The van der Waals surface area contributed by atoms with Crippen molar-refractivity contribution >= 4 is 34.7 Å². The van der Waals surface area contributed by atoms with Crippen LogP contribution in [0.3, 0.4) is 0 Å². The van der Waals surface area contributed by atoms with E-state index in [4.69, 9.17) is 28.9 Å². The van der Waals surface area contributed by atoms with E-state index in [0.29, 0.717) is 28.0 Å². The molecule has 0 amide bonds. The number of aromatic nitrogens is 2. The molecule has 5 nitrogen and oxygen atoms in total. The molecule has 0 aliphatic heterocycles. The van der Waals surface area contributed by atoms with Crippen LogP contribution in [0.25, 0.3) is 11.3 Å². The van der Waals surface area contributed by atoms with E-state index in [-0.39, 0.29) is 11.6 Å². The van der Waals surface area contributed by atoms with E-state index in [2.05, 4.69) is 15.3 Å². The molecular formula is C17H14Cl2N4O. The lowest BCUT2D eigenvalue weighted by Crippen LogP contribution is -2.00. The first-order chi connectivity index (χ1) is 11.6. The Hall–Kier alpha value is -2.34. The number of hydrogen-bond acceptors (Lipinski definition) is 5.